The summed E-state index contributed by atoms with van der Waals surface area (Å²) in [4.78, 5) is 0. The van der Waals surface area contributed by atoms with Crippen molar-refractivity contribution in [1.82, 2.24) is 4.68 Å². The Morgan fingerprint density at radius 3 is 2.41 bits per heavy atom. The molecule has 118 valence electrons. The highest BCUT2D eigenvalue weighted by Crippen LogP contribution is 2.26. The van der Waals surface area contributed by atoms with Gasteiger partial charge in [-0.1, -0.05) is 32.8 Å². The van der Waals surface area contributed by atoms with Crippen molar-refractivity contribution in [3.05, 3.63) is 53.3 Å². The van der Waals surface area contributed by atoms with E-state index in [9.17, 15) is 5.11 Å². The summed E-state index contributed by atoms with van der Waals surface area (Å²) in [5, 5.41) is 14.9. The van der Waals surface area contributed by atoms with Gasteiger partial charge < -0.3 is 5.11 Å². The van der Waals surface area contributed by atoms with Crippen LogP contribution < -0.4 is 0 Å². The van der Waals surface area contributed by atoms with Crippen molar-refractivity contribution < 1.29 is 5.11 Å². The summed E-state index contributed by atoms with van der Waals surface area (Å²) in [5.74, 6) is 0.379. The molecule has 0 bridgehead atoms. The topological polar surface area (TPSA) is 37.5 Å². The maximum Gasteiger partial charge on any atom is 0.127 e. The predicted molar refractivity (Wildman–Crippen MR) is 92.8 cm³/mol. The zero-order valence-corrected chi connectivity index (χ0v) is 13.6. The Balaban J connectivity index is 2.28. The van der Waals surface area contributed by atoms with Crippen molar-refractivity contribution in [3.8, 4) is 5.75 Å². The highest BCUT2D eigenvalue weighted by Gasteiger charge is 2.09. The van der Waals surface area contributed by atoms with Crippen molar-refractivity contribution in [2.45, 2.75) is 52.4 Å². The van der Waals surface area contributed by atoms with Gasteiger partial charge in [0.2, 0.25) is 0 Å². The zero-order valence-electron chi connectivity index (χ0n) is 13.6. The molecule has 0 aliphatic rings. The van der Waals surface area contributed by atoms with E-state index >= 15 is 0 Å². The second kappa shape index (κ2) is 8.42. The molecule has 0 radical (unpaired) electrons. The zero-order chi connectivity index (χ0) is 15.8. The van der Waals surface area contributed by atoms with Gasteiger partial charge in [0.15, 0.2) is 0 Å². The smallest absolute Gasteiger partial charge is 0.127 e. The molecular weight excluding hydrogens is 272 g/mol. The molecule has 22 heavy (non-hydrogen) atoms. The Kier molecular flexibility index (Phi) is 6.26. The van der Waals surface area contributed by atoms with Crippen molar-refractivity contribution in [2.75, 3.05) is 0 Å². The van der Waals surface area contributed by atoms with Crippen LogP contribution in [0.3, 0.4) is 0 Å². The molecule has 0 aliphatic carbocycles. The number of hydrogen-bond acceptors (Lipinski definition) is 2. The van der Waals surface area contributed by atoms with Crippen LogP contribution >= 0.6 is 0 Å². The summed E-state index contributed by atoms with van der Waals surface area (Å²) < 4.78 is 1.74. The number of benzene rings is 1. The van der Waals surface area contributed by atoms with Crippen molar-refractivity contribution in [3.63, 3.8) is 0 Å². The largest absolute Gasteiger partial charge is 0.507 e. The molecule has 2 rings (SSSR count). The van der Waals surface area contributed by atoms with Crippen molar-refractivity contribution >= 4 is 6.21 Å². The lowest BCUT2D eigenvalue weighted by molar-refractivity contribution is 0.465. The number of unbranched alkanes of at least 4 members (excludes halogenated alkanes) is 2. The number of aromatic nitrogens is 1. The molecule has 0 fully saturated rings. The van der Waals surface area contributed by atoms with Crippen molar-refractivity contribution in [2.24, 2.45) is 5.10 Å². The minimum absolute atomic E-state index is 0.379. The monoisotopic (exact) mass is 298 g/mol. The first-order valence-electron chi connectivity index (χ1n) is 8.26. The van der Waals surface area contributed by atoms with E-state index in [4.69, 9.17) is 0 Å². The van der Waals surface area contributed by atoms with Gasteiger partial charge in [-0.2, -0.15) is 5.10 Å². The lowest BCUT2D eigenvalue weighted by Gasteiger charge is -2.11. The minimum Gasteiger partial charge on any atom is -0.507 e. The second-order valence-electron chi connectivity index (χ2n) is 5.71. The predicted octanol–water partition coefficient (Wildman–Crippen LogP) is 4.76. The first-order chi connectivity index (χ1) is 10.7. The van der Waals surface area contributed by atoms with Crippen LogP contribution in [0.15, 0.2) is 41.8 Å². The molecule has 1 aromatic carbocycles. The molecule has 2 aromatic rings. The summed E-state index contributed by atoms with van der Waals surface area (Å²) >= 11 is 0. The Hall–Kier alpha value is -2.03. The minimum atomic E-state index is 0.379. The van der Waals surface area contributed by atoms with Gasteiger partial charge in [-0.15, -0.1) is 0 Å². The molecule has 1 aromatic heterocycles. The van der Waals surface area contributed by atoms with Crippen LogP contribution in [0.25, 0.3) is 0 Å². The highest BCUT2D eigenvalue weighted by molar-refractivity contribution is 5.84. The summed E-state index contributed by atoms with van der Waals surface area (Å²) in [6.45, 7) is 4.37. The van der Waals surface area contributed by atoms with E-state index in [1.54, 1.807) is 10.9 Å². The third-order valence-corrected chi connectivity index (χ3v) is 3.82. The van der Waals surface area contributed by atoms with Crippen LogP contribution in [0.5, 0.6) is 5.75 Å². The molecule has 0 saturated carbocycles. The molecule has 0 atom stereocenters. The van der Waals surface area contributed by atoms with E-state index in [2.05, 4.69) is 31.1 Å². The molecule has 0 unspecified atom stereocenters. The van der Waals surface area contributed by atoms with E-state index in [0.717, 1.165) is 36.8 Å². The van der Waals surface area contributed by atoms with E-state index < -0.39 is 0 Å². The number of phenolic OH excluding ortho intramolecular Hbond substituents is 1. The Labute approximate surface area is 133 Å². The number of rotatable bonds is 8. The molecule has 3 nitrogen and oxygen atoms in total. The Morgan fingerprint density at radius 2 is 1.73 bits per heavy atom. The maximum atomic E-state index is 10.5. The highest BCUT2D eigenvalue weighted by atomic mass is 16.3. The Bertz CT molecular complexity index is 600. The summed E-state index contributed by atoms with van der Waals surface area (Å²) in [6, 6.07) is 8.09. The van der Waals surface area contributed by atoms with Gasteiger partial charge in [0.1, 0.15) is 5.75 Å². The fourth-order valence-corrected chi connectivity index (χ4v) is 2.50. The lowest BCUT2D eigenvalue weighted by Crippen LogP contribution is -1.97. The van der Waals surface area contributed by atoms with Crippen LogP contribution in [0.1, 0.15) is 56.2 Å². The van der Waals surface area contributed by atoms with E-state index in [0.29, 0.717) is 5.75 Å². The summed E-state index contributed by atoms with van der Waals surface area (Å²) in [5.41, 5.74) is 3.15. The van der Waals surface area contributed by atoms with Crippen LogP contribution in [0.2, 0.25) is 0 Å². The standard InChI is InChI=1S/C19H26N2O/c1-3-5-9-16-13-17(10-6-4-2)19(22)18(14-16)15-20-21-11-7-8-12-21/h7-8,11-15,22H,3-6,9-10H2,1-2H3/b20-15+. The Morgan fingerprint density at radius 1 is 1.05 bits per heavy atom. The number of nitrogens with zero attached hydrogens (tertiary/aromatic N) is 2. The fraction of sp³-hybridized carbons (Fsp3) is 0.421. The fourth-order valence-electron chi connectivity index (χ4n) is 2.50. The SMILES string of the molecule is CCCCc1cc(/C=N/n2cccc2)c(O)c(CCCC)c1. The first kappa shape index (κ1) is 16.3. The van der Waals surface area contributed by atoms with Gasteiger partial charge in [-0.05, 0) is 55.0 Å². The maximum absolute atomic E-state index is 10.5. The normalized spacial score (nSPS) is 11.4. The van der Waals surface area contributed by atoms with Gasteiger partial charge in [-0.3, -0.25) is 0 Å². The van der Waals surface area contributed by atoms with Crippen LogP contribution in [0, 0.1) is 0 Å². The first-order valence-corrected chi connectivity index (χ1v) is 8.26. The lowest BCUT2D eigenvalue weighted by atomic mass is 9.97. The number of aryl methyl sites for hydroxylation is 2. The molecule has 0 aliphatic heterocycles. The van der Waals surface area contributed by atoms with Gasteiger partial charge in [0.25, 0.3) is 0 Å². The number of hydrogen-bond donors (Lipinski definition) is 1. The molecular formula is C19H26N2O. The average Bonchev–Trinajstić information content (AvgIpc) is 3.04. The molecule has 3 heteroatoms. The summed E-state index contributed by atoms with van der Waals surface area (Å²) in [6.07, 6.45) is 12.1. The van der Waals surface area contributed by atoms with E-state index in [-0.39, 0.29) is 0 Å². The molecule has 1 N–H and O–H groups in total. The van der Waals surface area contributed by atoms with Gasteiger partial charge >= 0.3 is 0 Å². The van der Waals surface area contributed by atoms with Crippen LogP contribution in [0.4, 0.5) is 0 Å². The molecule has 1 heterocycles. The number of aromatic hydroxyl groups is 1. The number of phenols is 1. The van der Waals surface area contributed by atoms with Gasteiger partial charge in [0, 0.05) is 18.0 Å². The van der Waals surface area contributed by atoms with Crippen molar-refractivity contribution in [1.29, 1.82) is 0 Å². The van der Waals surface area contributed by atoms with Gasteiger partial charge in [0.05, 0.1) is 6.21 Å². The third kappa shape index (κ3) is 4.48. The quantitative estimate of drug-likeness (QED) is 0.701. The van der Waals surface area contributed by atoms with Crippen LogP contribution in [-0.2, 0) is 12.8 Å². The van der Waals surface area contributed by atoms with Crippen LogP contribution in [-0.4, -0.2) is 16.0 Å². The molecule has 0 amide bonds. The van der Waals surface area contributed by atoms with E-state index in [1.165, 1.54) is 18.4 Å². The average molecular weight is 298 g/mol. The summed E-state index contributed by atoms with van der Waals surface area (Å²) in [7, 11) is 0. The molecule has 0 saturated heterocycles. The van der Waals surface area contributed by atoms with E-state index in [1.807, 2.05) is 24.5 Å². The molecule has 0 spiro atoms. The second-order valence-corrected chi connectivity index (χ2v) is 5.71. The third-order valence-electron chi connectivity index (χ3n) is 3.82. The van der Waals surface area contributed by atoms with Gasteiger partial charge in [-0.25, -0.2) is 4.68 Å².